The molecule has 0 spiro atoms. The third kappa shape index (κ3) is 5.67. The highest BCUT2D eigenvalue weighted by atomic mass is 31.1. The van der Waals surface area contributed by atoms with E-state index >= 15 is 0 Å². The Bertz CT molecular complexity index is 1060. The summed E-state index contributed by atoms with van der Waals surface area (Å²) in [7, 11) is 0.498. The average molecular weight is 427 g/mol. The number of carbonyl (C=O) groups is 1. The molecule has 8 nitrogen and oxygen atoms in total. The van der Waals surface area contributed by atoms with Gasteiger partial charge >= 0.3 is 8.25 Å². The van der Waals surface area contributed by atoms with E-state index in [9.17, 15) is 9.36 Å². The molecule has 2 aromatic carbocycles. The number of anilines is 1. The first kappa shape index (κ1) is 21.5. The lowest BCUT2D eigenvalue weighted by atomic mass is 10.1. The maximum absolute atomic E-state index is 12.3. The molecule has 30 heavy (non-hydrogen) atoms. The van der Waals surface area contributed by atoms with Crippen LogP contribution in [-0.4, -0.2) is 27.7 Å². The molecule has 0 bridgehead atoms. The molecule has 0 fully saturated rings. The molecule has 3 aromatic rings. The Labute approximate surface area is 174 Å². The second kappa shape index (κ2) is 10.0. The van der Waals surface area contributed by atoms with E-state index in [1.807, 2.05) is 31.3 Å². The first-order valence-electron chi connectivity index (χ1n) is 9.06. The summed E-state index contributed by atoms with van der Waals surface area (Å²) in [5.41, 5.74) is 3.99. The van der Waals surface area contributed by atoms with Gasteiger partial charge in [-0.25, -0.2) is 0 Å². The maximum Gasteiger partial charge on any atom is 0.316 e. The number of aryl methyl sites for hydroxylation is 1. The van der Waals surface area contributed by atoms with Crippen molar-refractivity contribution in [2.75, 3.05) is 12.4 Å². The molecule has 0 saturated heterocycles. The molecule has 3 rings (SSSR count). The number of nitrogens with zero attached hydrogens (tertiary/aromatic N) is 2. The zero-order chi connectivity index (χ0) is 21.5. The van der Waals surface area contributed by atoms with Crippen LogP contribution in [-0.2, 0) is 27.5 Å². The Hall–Kier alpha value is -3.19. The van der Waals surface area contributed by atoms with E-state index in [-0.39, 0.29) is 12.5 Å². The lowest BCUT2D eigenvalue weighted by molar-refractivity contribution is -0.111. The minimum Gasteiger partial charge on any atom is -0.497 e. The average Bonchev–Trinajstić information content (AvgIpc) is 3.12. The first-order valence-corrected chi connectivity index (χ1v) is 10.3. The van der Waals surface area contributed by atoms with Crippen LogP contribution >= 0.6 is 8.25 Å². The van der Waals surface area contributed by atoms with E-state index in [1.54, 1.807) is 48.3 Å². The maximum atomic E-state index is 12.3. The van der Waals surface area contributed by atoms with E-state index in [4.69, 9.17) is 9.63 Å². The highest BCUT2D eigenvalue weighted by Gasteiger charge is 2.10. The fourth-order valence-electron chi connectivity index (χ4n) is 2.86. The van der Waals surface area contributed by atoms with Crippen LogP contribution in [0.5, 0.6) is 5.75 Å². The second-order valence-electron chi connectivity index (χ2n) is 6.37. The number of amides is 1. The minimum atomic E-state index is -2.96. The van der Waals surface area contributed by atoms with Crippen molar-refractivity contribution in [3.05, 3.63) is 71.9 Å². The van der Waals surface area contributed by atoms with Gasteiger partial charge in [0.2, 0.25) is 5.91 Å². The molecular weight excluding hydrogens is 405 g/mol. The zero-order valence-electron chi connectivity index (χ0n) is 16.5. The number of aromatic nitrogens is 2. The molecule has 0 aliphatic heterocycles. The lowest BCUT2D eigenvalue weighted by Gasteiger charge is -2.06. The van der Waals surface area contributed by atoms with Crippen molar-refractivity contribution < 1.29 is 23.5 Å². The van der Waals surface area contributed by atoms with Gasteiger partial charge in [-0.15, -0.1) is 0 Å². The van der Waals surface area contributed by atoms with Gasteiger partial charge in [-0.3, -0.25) is 14.0 Å². The summed E-state index contributed by atoms with van der Waals surface area (Å²) >= 11 is 0. The first-order chi connectivity index (χ1) is 14.5. The number of hydrogen-bond donors (Lipinski definition) is 2. The SMILES string of the molecule is COc1ccc(-c2c(/C=C\C(=O)Nc3ccc(CO[PH](=O)O)cc3)cnn2C)cc1. The van der Waals surface area contributed by atoms with E-state index in [0.717, 1.165) is 28.1 Å². The molecule has 0 aliphatic carbocycles. The van der Waals surface area contributed by atoms with Gasteiger partial charge in [-0.2, -0.15) is 5.10 Å². The summed E-state index contributed by atoms with van der Waals surface area (Å²) in [6, 6.07) is 14.4. The van der Waals surface area contributed by atoms with Crippen molar-refractivity contribution in [3.63, 3.8) is 0 Å². The molecule has 1 amide bonds. The normalized spacial score (nSPS) is 12.1. The van der Waals surface area contributed by atoms with Gasteiger partial charge in [-0.1, -0.05) is 12.1 Å². The van der Waals surface area contributed by atoms with Crippen molar-refractivity contribution in [2.24, 2.45) is 7.05 Å². The fraction of sp³-hybridized carbons (Fsp3) is 0.143. The van der Waals surface area contributed by atoms with E-state index in [2.05, 4.69) is 14.9 Å². The molecule has 0 saturated carbocycles. The Morgan fingerprint density at radius 3 is 2.53 bits per heavy atom. The number of nitrogens with one attached hydrogen (secondary N) is 1. The summed E-state index contributed by atoms with van der Waals surface area (Å²) in [6.45, 7) is 0.0393. The highest BCUT2D eigenvalue weighted by Crippen LogP contribution is 2.26. The summed E-state index contributed by atoms with van der Waals surface area (Å²) in [5, 5.41) is 7.06. The number of methoxy groups -OCH3 is 1. The largest absolute Gasteiger partial charge is 0.497 e. The molecule has 156 valence electrons. The summed E-state index contributed by atoms with van der Waals surface area (Å²) in [4.78, 5) is 21.0. The second-order valence-corrected chi connectivity index (χ2v) is 7.20. The molecule has 0 aliphatic rings. The van der Waals surface area contributed by atoms with Crippen molar-refractivity contribution in [3.8, 4) is 17.0 Å². The van der Waals surface area contributed by atoms with Crippen molar-refractivity contribution in [1.29, 1.82) is 0 Å². The predicted octanol–water partition coefficient (Wildman–Crippen LogP) is 3.65. The molecule has 1 unspecified atom stereocenters. The van der Waals surface area contributed by atoms with Crippen LogP contribution in [0.25, 0.3) is 17.3 Å². The number of hydrogen-bond acceptors (Lipinski definition) is 5. The quantitative estimate of drug-likeness (QED) is 0.420. The van der Waals surface area contributed by atoms with Crippen LogP contribution in [0.4, 0.5) is 5.69 Å². The molecule has 9 heteroatoms. The Balaban J connectivity index is 1.67. The third-order valence-electron chi connectivity index (χ3n) is 4.33. The summed E-state index contributed by atoms with van der Waals surface area (Å²) in [5.74, 6) is 0.477. The number of carbonyl (C=O) groups excluding carboxylic acids is 1. The Kier molecular flexibility index (Phi) is 7.19. The van der Waals surface area contributed by atoms with Crippen LogP contribution in [0, 0.1) is 0 Å². The Morgan fingerprint density at radius 2 is 1.90 bits per heavy atom. The number of benzene rings is 2. The van der Waals surface area contributed by atoms with Crippen LogP contribution in [0.3, 0.4) is 0 Å². The molecule has 0 radical (unpaired) electrons. The van der Waals surface area contributed by atoms with E-state index < -0.39 is 8.25 Å². The van der Waals surface area contributed by atoms with Crippen LogP contribution in [0.1, 0.15) is 11.1 Å². The monoisotopic (exact) mass is 427 g/mol. The molecule has 2 N–H and O–H groups in total. The smallest absolute Gasteiger partial charge is 0.316 e. The van der Waals surface area contributed by atoms with E-state index in [1.165, 1.54) is 6.08 Å². The van der Waals surface area contributed by atoms with Crippen LogP contribution in [0.2, 0.25) is 0 Å². The molecule has 1 heterocycles. The highest BCUT2D eigenvalue weighted by molar-refractivity contribution is 7.32. The van der Waals surface area contributed by atoms with Crippen molar-refractivity contribution >= 4 is 25.9 Å². The van der Waals surface area contributed by atoms with Crippen LogP contribution in [0.15, 0.2) is 60.8 Å². The minimum absolute atomic E-state index is 0.0393. The van der Waals surface area contributed by atoms with E-state index in [0.29, 0.717) is 5.69 Å². The van der Waals surface area contributed by atoms with Crippen molar-refractivity contribution in [2.45, 2.75) is 6.61 Å². The standard InChI is InChI=1S/C21H22N3O5P/c1-24-21(16-5-10-19(28-2)11-6-16)17(13-22-24)7-12-20(25)23-18-8-3-15(4-9-18)14-29-30(26)27/h3-13,30H,14H2,1-2H3,(H,23,25)(H,26,27)/b12-7-. The Morgan fingerprint density at radius 1 is 1.20 bits per heavy atom. The van der Waals surface area contributed by atoms with Crippen molar-refractivity contribution in [1.82, 2.24) is 9.78 Å². The summed E-state index contributed by atoms with van der Waals surface area (Å²) < 4.78 is 22.2. The number of rotatable bonds is 8. The topological polar surface area (TPSA) is 103 Å². The summed E-state index contributed by atoms with van der Waals surface area (Å²) in [6.07, 6.45) is 4.85. The van der Waals surface area contributed by atoms with Gasteiger partial charge in [0.15, 0.2) is 0 Å². The molecular formula is C21H22N3O5P. The van der Waals surface area contributed by atoms with Crippen LogP contribution < -0.4 is 10.1 Å². The van der Waals surface area contributed by atoms with Gasteiger partial charge in [0.25, 0.3) is 0 Å². The lowest BCUT2D eigenvalue weighted by Crippen LogP contribution is -2.07. The van der Waals surface area contributed by atoms with Gasteiger partial charge < -0.3 is 19.5 Å². The van der Waals surface area contributed by atoms with Gasteiger partial charge in [0, 0.05) is 29.9 Å². The molecule has 1 atom stereocenters. The zero-order valence-corrected chi connectivity index (χ0v) is 17.5. The third-order valence-corrected chi connectivity index (χ3v) is 4.72. The fourth-order valence-corrected chi connectivity index (χ4v) is 3.15. The molecule has 1 aromatic heterocycles. The van der Waals surface area contributed by atoms with Gasteiger partial charge in [0.1, 0.15) is 5.75 Å². The van der Waals surface area contributed by atoms with Gasteiger partial charge in [-0.05, 0) is 48.0 Å². The predicted molar refractivity (Wildman–Crippen MR) is 115 cm³/mol. The number of ether oxygens (including phenoxy) is 1. The van der Waals surface area contributed by atoms with Gasteiger partial charge in [0.05, 0.1) is 25.6 Å².